The number of hydrogen-bond donors (Lipinski definition) is 1. The van der Waals surface area contributed by atoms with Crippen molar-refractivity contribution >= 4 is 5.69 Å². The highest BCUT2D eigenvalue weighted by molar-refractivity contribution is 5.39. The van der Waals surface area contributed by atoms with Gasteiger partial charge in [-0.15, -0.1) is 0 Å². The van der Waals surface area contributed by atoms with Crippen molar-refractivity contribution < 1.29 is 4.92 Å². The van der Waals surface area contributed by atoms with Crippen molar-refractivity contribution in [3.63, 3.8) is 0 Å². The molecule has 0 atom stereocenters. The van der Waals surface area contributed by atoms with Gasteiger partial charge in [-0.25, -0.2) is 0 Å². The first-order chi connectivity index (χ1) is 8.15. The first-order valence-electron chi connectivity index (χ1n) is 4.52. The number of aromatic nitrogens is 1. The predicted octanol–water partition coefficient (Wildman–Crippen LogP) is 1.33. The van der Waals surface area contributed by atoms with Crippen LogP contribution in [0.2, 0.25) is 0 Å². The summed E-state index contributed by atoms with van der Waals surface area (Å²) in [6.07, 6.45) is 1.63. The SMILES string of the molecule is [N-]=[N+]=NCCC#Cc1c[nH]c(=O)c([N+](=O)[O-])c1. The van der Waals surface area contributed by atoms with Crippen LogP contribution in [0.4, 0.5) is 5.69 Å². The van der Waals surface area contributed by atoms with Crippen LogP contribution in [-0.2, 0) is 0 Å². The van der Waals surface area contributed by atoms with Gasteiger partial charge in [-0.2, -0.15) is 0 Å². The first kappa shape index (κ1) is 12.3. The second kappa shape index (κ2) is 5.95. The van der Waals surface area contributed by atoms with Gasteiger partial charge in [0.15, 0.2) is 0 Å². The van der Waals surface area contributed by atoms with Gasteiger partial charge < -0.3 is 4.98 Å². The normalized spacial score (nSPS) is 8.71. The summed E-state index contributed by atoms with van der Waals surface area (Å²) in [5.74, 6) is 5.28. The van der Waals surface area contributed by atoms with Crippen molar-refractivity contribution in [2.75, 3.05) is 6.54 Å². The van der Waals surface area contributed by atoms with E-state index in [9.17, 15) is 14.9 Å². The molecule has 1 rings (SSSR count). The van der Waals surface area contributed by atoms with E-state index in [0.29, 0.717) is 12.0 Å². The molecule has 0 bridgehead atoms. The summed E-state index contributed by atoms with van der Waals surface area (Å²) in [4.78, 5) is 25.5. The lowest BCUT2D eigenvalue weighted by atomic mass is 10.2. The van der Waals surface area contributed by atoms with Crippen molar-refractivity contribution in [3.05, 3.63) is 48.7 Å². The highest BCUT2D eigenvalue weighted by Gasteiger charge is 2.11. The monoisotopic (exact) mass is 233 g/mol. The van der Waals surface area contributed by atoms with E-state index in [1.807, 2.05) is 0 Å². The summed E-state index contributed by atoms with van der Waals surface area (Å²) >= 11 is 0. The number of nitrogens with one attached hydrogen (secondary N) is 1. The Morgan fingerprint density at radius 2 is 2.41 bits per heavy atom. The maximum atomic E-state index is 11.0. The average Bonchev–Trinajstić information content (AvgIpc) is 2.30. The summed E-state index contributed by atoms with van der Waals surface area (Å²) in [5.41, 5.74) is 7.02. The fourth-order valence-electron chi connectivity index (χ4n) is 0.995. The molecule has 0 aromatic carbocycles. The molecule has 0 radical (unpaired) electrons. The predicted molar refractivity (Wildman–Crippen MR) is 59.2 cm³/mol. The van der Waals surface area contributed by atoms with Gasteiger partial charge in [0.05, 0.1) is 4.92 Å². The molecule has 0 unspecified atom stereocenters. The molecule has 1 aromatic heterocycles. The molecule has 1 heterocycles. The van der Waals surface area contributed by atoms with Gasteiger partial charge in [-0.05, 0) is 5.53 Å². The summed E-state index contributed by atoms with van der Waals surface area (Å²) < 4.78 is 0. The maximum Gasteiger partial charge on any atom is 0.335 e. The first-order valence-corrected chi connectivity index (χ1v) is 4.52. The van der Waals surface area contributed by atoms with Crippen LogP contribution in [0.1, 0.15) is 12.0 Å². The molecular weight excluding hydrogens is 226 g/mol. The molecule has 1 aromatic rings. The van der Waals surface area contributed by atoms with Crippen LogP contribution < -0.4 is 5.56 Å². The molecule has 17 heavy (non-hydrogen) atoms. The Labute approximate surface area is 95.1 Å². The standard InChI is InChI=1S/C9H7N5O3/c10-13-12-4-2-1-3-7-5-8(14(16)17)9(15)11-6-7/h5-6H,2,4H2,(H,11,15). The largest absolute Gasteiger partial charge is 0.335 e. The lowest BCUT2D eigenvalue weighted by molar-refractivity contribution is -0.386. The van der Waals surface area contributed by atoms with Gasteiger partial charge in [-0.3, -0.25) is 14.9 Å². The van der Waals surface area contributed by atoms with Crippen LogP contribution in [0.3, 0.4) is 0 Å². The third-order valence-corrected chi connectivity index (χ3v) is 1.71. The minimum Gasteiger partial charge on any atom is -0.322 e. The Balaban J connectivity index is 2.86. The summed E-state index contributed by atoms with van der Waals surface area (Å²) in [6.45, 7) is 0.231. The van der Waals surface area contributed by atoms with Crippen LogP contribution in [0.25, 0.3) is 10.4 Å². The summed E-state index contributed by atoms with van der Waals surface area (Å²) in [5, 5.41) is 13.7. The number of nitro groups is 1. The Morgan fingerprint density at radius 3 is 3.06 bits per heavy atom. The molecule has 86 valence electrons. The van der Waals surface area contributed by atoms with Crippen LogP contribution >= 0.6 is 0 Å². The van der Waals surface area contributed by atoms with Gasteiger partial charge in [0.2, 0.25) is 0 Å². The lowest BCUT2D eigenvalue weighted by Crippen LogP contribution is -2.10. The molecule has 0 amide bonds. The van der Waals surface area contributed by atoms with E-state index in [0.717, 1.165) is 6.07 Å². The number of pyridine rings is 1. The van der Waals surface area contributed by atoms with E-state index in [4.69, 9.17) is 5.53 Å². The minimum atomic E-state index is -0.774. The quantitative estimate of drug-likeness (QED) is 0.161. The third kappa shape index (κ3) is 3.70. The minimum absolute atomic E-state index is 0.231. The summed E-state index contributed by atoms with van der Waals surface area (Å²) in [7, 11) is 0. The Hall–Kier alpha value is -2.78. The van der Waals surface area contributed by atoms with E-state index < -0.39 is 16.2 Å². The van der Waals surface area contributed by atoms with Crippen LogP contribution in [0, 0.1) is 22.0 Å². The van der Waals surface area contributed by atoms with E-state index in [1.165, 1.54) is 6.20 Å². The topological polar surface area (TPSA) is 125 Å². The molecule has 0 aliphatic carbocycles. The molecule has 8 heteroatoms. The average molecular weight is 233 g/mol. The van der Waals surface area contributed by atoms with Gasteiger partial charge in [0.1, 0.15) is 0 Å². The Kier molecular flexibility index (Phi) is 4.30. The van der Waals surface area contributed by atoms with E-state index >= 15 is 0 Å². The highest BCUT2D eigenvalue weighted by Crippen LogP contribution is 2.04. The fourth-order valence-corrected chi connectivity index (χ4v) is 0.995. The summed E-state index contributed by atoms with van der Waals surface area (Å²) in [6, 6.07) is 1.10. The molecule has 0 saturated carbocycles. The molecule has 8 nitrogen and oxygen atoms in total. The number of H-pyrrole nitrogens is 1. The molecule has 0 fully saturated rings. The molecule has 0 aliphatic heterocycles. The zero-order chi connectivity index (χ0) is 12.7. The zero-order valence-corrected chi connectivity index (χ0v) is 8.58. The van der Waals surface area contributed by atoms with Crippen molar-refractivity contribution in [2.45, 2.75) is 6.42 Å². The van der Waals surface area contributed by atoms with Crippen LogP contribution in [0.5, 0.6) is 0 Å². The van der Waals surface area contributed by atoms with Crippen LogP contribution in [-0.4, -0.2) is 16.5 Å². The second-order valence-corrected chi connectivity index (χ2v) is 2.87. The van der Waals surface area contributed by atoms with Gasteiger partial charge >= 0.3 is 11.2 Å². The lowest BCUT2D eigenvalue weighted by Gasteiger charge is -1.91. The number of hydrogen-bond acceptors (Lipinski definition) is 4. The van der Waals surface area contributed by atoms with E-state index in [2.05, 4.69) is 26.9 Å². The zero-order valence-electron chi connectivity index (χ0n) is 8.58. The van der Waals surface area contributed by atoms with Crippen molar-refractivity contribution in [3.8, 4) is 11.8 Å². The number of azide groups is 1. The van der Waals surface area contributed by atoms with Gasteiger partial charge in [0, 0.05) is 35.7 Å². The maximum absolute atomic E-state index is 11.0. The van der Waals surface area contributed by atoms with Crippen molar-refractivity contribution in [2.24, 2.45) is 5.11 Å². The smallest absolute Gasteiger partial charge is 0.322 e. The Morgan fingerprint density at radius 1 is 1.65 bits per heavy atom. The van der Waals surface area contributed by atoms with Crippen molar-refractivity contribution in [1.82, 2.24) is 4.98 Å². The van der Waals surface area contributed by atoms with E-state index in [1.54, 1.807) is 0 Å². The number of rotatable bonds is 3. The molecular formula is C9H7N5O3. The second-order valence-electron chi connectivity index (χ2n) is 2.87. The van der Waals surface area contributed by atoms with Crippen molar-refractivity contribution in [1.29, 1.82) is 0 Å². The third-order valence-electron chi connectivity index (χ3n) is 1.71. The highest BCUT2D eigenvalue weighted by atomic mass is 16.6. The number of nitrogens with zero attached hydrogens (tertiary/aromatic N) is 4. The van der Waals surface area contributed by atoms with Crippen LogP contribution in [0.15, 0.2) is 22.2 Å². The number of aromatic amines is 1. The van der Waals surface area contributed by atoms with E-state index in [-0.39, 0.29) is 6.54 Å². The molecule has 0 spiro atoms. The fraction of sp³-hybridized carbons (Fsp3) is 0.222. The molecule has 0 aliphatic rings. The van der Waals surface area contributed by atoms with Gasteiger partial charge in [-0.1, -0.05) is 17.0 Å². The molecule has 0 saturated heterocycles. The Bertz CT molecular complexity index is 589. The molecule has 1 N–H and O–H groups in total. The van der Waals surface area contributed by atoms with Gasteiger partial charge in [0.25, 0.3) is 0 Å².